The Balaban J connectivity index is 2.04. The van der Waals surface area contributed by atoms with Gasteiger partial charge in [-0.05, 0) is 19.1 Å². The molecule has 1 aliphatic rings. The van der Waals surface area contributed by atoms with Gasteiger partial charge in [0, 0.05) is 13.2 Å². The van der Waals surface area contributed by atoms with Crippen LogP contribution in [0, 0.1) is 0 Å². The Labute approximate surface area is 126 Å². The molecule has 112 valence electrons. The van der Waals surface area contributed by atoms with Crippen LogP contribution >= 0.6 is 11.6 Å². The first-order chi connectivity index (χ1) is 9.88. The summed E-state index contributed by atoms with van der Waals surface area (Å²) < 4.78 is 0. The molecule has 1 unspecified atom stereocenters. The fourth-order valence-corrected chi connectivity index (χ4v) is 2.10. The van der Waals surface area contributed by atoms with Crippen LogP contribution in [0.15, 0.2) is 18.3 Å². The molecule has 0 saturated carbocycles. The van der Waals surface area contributed by atoms with Gasteiger partial charge in [0.2, 0.25) is 17.7 Å². The van der Waals surface area contributed by atoms with Gasteiger partial charge in [0.25, 0.3) is 0 Å². The maximum Gasteiger partial charge on any atom is 0.249 e. The Kier molecular flexibility index (Phi) is 4.42. The van der Waals surface area contributed by atoms with Crippen LogP contribution in [-0.2, 0) is 14.4 Å². The van der Waals surface area contributed by atoms with Crippen molar-refractivity contribution in [2.24, 2.45) is 0 Å². The lowest BCUT2D eigenvalue weighted by Crippen LogP contribution is -2.59. The number of anilines is 1. The maximum absolute atomic E-state index is 12.2. The second kappa shape index (κ2) is 6.09. The van der Waals surface area contributed by atoms with Gasteiger partial charge in [-0.2, -0.15) is 0 Å². The number of imide groups is 1. The van der Waals surface area contributed by atoms with Gasteiger partial charge in [-0.1, -0.05) is 11.6 Å². The van der Waals surface area contributed by atoms with Crippen LogP contribution in [0.5, 0.6) is 0 Å². The molecule has 3 amide bonds. The van der Waals surface area contributed by atoms with Gasteiger partial charge < -0.3 is 9.80 Å². The van der Waals surface area contributed by atoms with Crippen LogP contribution in [0.25, 0.3) is 0 Å². The molecule has 1 saturated heterocycles. The van der Waals surface area contributed by atoms with Crippen LogP contribution in [0.2, 0.25) is 5.02 Å². The average Bonchev–Trinajstić information content (AvgIpc) is 2.43. The number of hydrogen-bond donors (Lipinski definition) is 1. The molecule has 8 heteroatoms. The van der Waals surface area contributed by atoms with Gasteiger partial charge in [-0.15, -0.1) is 0 Å². The molecule has 1 aromatic rings. The van der Waals surface area contributed by atoms with Gasteiger partial charge in [0.1, 0.15) is 18.4 Å². The predicted molar refractivity (Wildman–Crippen MR) is 76.8 cm³/mol. The quantitative estimate of drug-likeness (QED) is 0.797. The lowest BCUT2D eigenvalue weighted by molar-refractivity contribution is -0.148. The van der Waals surface area contributed by atoms with Crippen molar-refractivity contribution in [1.29, 1.82) is 0 Å². The number of likely N-dealkylation sites (N-methyl/N-ethyl adjacent to an activating group) is 1. The number of nitrogens with zero attached hydrogens (tertiary/aromatic N) is 3. The summed E-state index contributed by atoms with van der Waals surface area (Å²) in [5, 5.41) is 2.70. The fourth-order valence-electron chi connectivity index (χ4n) is 1.99. The Hall–Kier alpha value is -2.15. The molecular weight excluding hydrogens is 296 g/mol. The van der Waals surface area contributed by atoms with Crippen molar-refractivity contribution in [1.82, 2.24) is 15.2 Å². The highest BCUT2D eigenvalue weighted by atomic mass is 35.5. The molecule has 0 radical (unpaired) electrons. The van der Waals surface area contributed by atoms with Crippen molar-refractivity contribution in [3.63, 3.8) is 0 Å². The number of nitrogens with one attached hydrogen (secondary N) is 1. The van der Waals surface area contributed by atoms with Crippen molar-refractivity contribution in [3.05, 3.63) is 23.4 Å². The summed E-state index contributed by atoms with van der Waals surface area (Å²) in [5.74, 6) is -0.677. The first-order valence-corrected chi connectivity index (χ1v) is 6.72. The number of aromatic nitrogens is 1. The van der Waals surface area contributed by atoms with Crippen molar-refractivity contribution in [2.75, 3.05) is 25.0 Å². The van der Waals surface area contributed by atoms with E-state index in [0.29, 0.717) is 10.8 Å². The van der Waals surface area contributed by atoms with Crippen molar-refractivity contribution < 1.29 is 14.4 Å². The van der Waals surface area contributed by atoms with Crippen LogP contribution < -0.4 is 10.2 Å². The SMILES string of the molecule is CC1C(=O)NC(=O)CN1C(=O)CN(C)c1ccc(Cl)cn1. The molecule has 0 aromatic carbocycles. The Morgan fingerprint density at radius 3 is 2.86 bits per heavy atom. The highest BCUT2D eigenvalue weighted by Gasteiger charge is 2.33. The number of amides is 3. The largest absolute Gasteiger partial charge is 0.350 e. The van der Waals surface area contributed by atoms with Crippen molar-refractivity contribution in [2.45, 2.75) is 13.0 Å². The second-order valence-electron chi connectivity index (χ2n) is 4.80. The summed E-state index contributed by atoms with van der Waals surface area (Å²) in [5.41, 5.74) is 0. The van der Waals surface area contributed by atoms with E-state index in [9.17, 15) is 14.4 Å². The Morgan fingerprint density at radius 2 is 2.24 bits per heavy atom. The van der Waals surface area contributed by atoms with E-state index in [0.717, 1.165) is 0 Å². The Morgan fingerprint density at radius 1 is 1.52 bits per heavy atom. The van der Waals surface area contributed by atoms with E-state index in [2.05, 4.69) is 10.3 Å². The minimum atomic E-state index is -0.665. The normalized spacial score (nSPS) is 18.4. The van der Waals surface area contributed by atoms with E-state index in [1.165, 1.54) is 11.1 Å². The molecule has 0 bridgehead atoms. The number of rotatable bonds is 3. The number of carbonyl (C=O) groups excluding carboxylic acids is 3. The molecule has 0 spiro atoms. The molecule has 1 atom stereocenters. The zero-order valence-electron chi connectivity index (χ0n) is 11.7. The van der Waals surface area contributed by atoms with Gasteiger partial charge >= 0.3 is 0 Å². The molecule has 1 fully saturated rings. The zero-order chi connectivity index (χ0) is 15.6. The third kappa shape index (κ3) is 3.49. The standard InChI is InChI=1S/C13H15ClN4O3/c1-8-13(21)16-11(19)6-18(8)12(20)7-17(2)10-4-3-9(14)5-15-10/h3-5,8H,6-7H2,1-2H3,(H,16,19,21). The molecule has 1 aliphatic heterocycles. The number of pyridine rings is 1. The lowest BCUT2D eigenvalue weighted by Gasteiger charge is -2.33. The summed E-state index contributed by atoms with van der Waals surface area (Å²) in [7, 11) is 1.70. The highest BCUT2D eigenvalue weighted by Crippen LogP contribution is 2.13. The number of hydrogen-bond acceptors (Lipinski definition) is 5. The van der Waals surface area contributed by atoms with Crippen LogP contribution in [0.3, 0.4) is 0 Å². The zero-order valence-corrected chi connectivity index (χ0v) is 12.4. The van der Waals surface area contributed by atoms with E-state index in [-0.39, 0.29) is 19.0 Å². The fraction of sp³-hybridized carbons (Fsp3) is 0.385. The summed E-state index contributed by atoms with van der Waals surface area (Å²) in [6, 6.07) is 2.69. The molecule has 1 N–H and O–H groups in total. The third-order valence-electron chi connectivity index (χ3n) is 3.22. The first kappa shape index (κ1) is 15.2. The van der Waals surface area contributed by atoms with Crippen LogP contribution in [-0.4, -0.2) is 53.8 Å². The van der Waals surface area contributed by atoms with Crippen LogP contribution in [0.1, 0.15) is 6.92 Å². The number of halogens is 1. The summed E-state index contributed by atoms with van der Waals surface area (Å²) >= 11 is 5.76. The monoisotopic (exact) mass is 310 g/mol. The Bertz CT molecular complexity index is 575. The third-order valence-corrected chi connectivity index (χ3v) is 3.44. The highest BCUT2D eigenvalue weighted by molar-refractivity contribution is 6.30. The lowest BCUT2D eigenvalue weighted by atomic mass is 10.2. The van der Waals surface area contributed by atoms with E-state index in [1.807, 2.05) is 0 Å². The second-order valence-corrected chi connectivity index (χ2v) is 5.24. The summed E-state index contributed by atoms with van der Waals surface area (Å²) in [6.45, 7) is 1.48. The number of piperazine rings is 1. The molecule has 1 aromatic heterocycles. The van der Waals surface area contributed by atoms with Gasteiger partial charge in [0.15, 0.2) is 0 Å². The van der Waals surface area contributed by atoms with Gasteiger partial charge in [0.05, 0.1) is 11.6 Å². The van der Waals surface area contributed by atoms with E-state index in [1.54, 1.807) is 31.0 Å². The van der Waals surface area contributed by atoms with E-state index in [4.69, 9.17) is 11.6 Å². The molecular formula is C13H15ClN4O3. The predicted octanol–water partition coefficient (Wildman–Crippen LogP) is 0.0447. The molecule has 21 heavy (non-hydrogen) atoms. The molecule has 7 nitrogen and oxygen atoms in total. The van der Waals surface area contributed by atoms with E-state index < -0.39 is 17.9 Å². The molecule has 2 heterocycles. The molecule has 2 rings (SSSR count). The molecule has 0 aliphatic carbocycles. The summed E-state index contributed by atoms with van der Waals surface area (Å²) in [6.07, 6.45) is 1.48. The maximum atomic E-state index is 12.2. The number of carbonyl (C=O) groups is 3. The smallest absolute Gasteiger partial charge is 0.249 e. The average molecular weight is 311 g/mol. The minimum absolute atomic E-state index is 0.0134. The van der Waals surface area contributed by atoms with Crippen LogP contribution in [0.4, 0.5) is 5.82 Å². The topological polar surface area (TPSA) is 82.6 Å². The van der Waals surface area contributed by atoms with Gasteiger partial charge in [-0.3, -0.25) is 19.7 Å². The summed E-state index contributed by atoms with van der Waals surface area (Å²) in [4.78, 5) is 42.1. The van der Waals surface area contributed by atoms with Gasteiger partial charge in [-0.25, -0.2) is 4.98 Å². The van der Waals surface area contributed by atoms with Crippen molar-refractivity contribution >= 4 is 35.1 Å². The van der Waals surface area contributed by atoms with Crippen molar-refractivity contribution in [3.8, 4) is 0 Å². The van der Waals surface area contributed by atoms with E-state index >= 15 is 0 Å². The minimum Gasteiger partial charge on any atom is -0.350 e. The first-order valence-electron chi connectivity index (χ1n) is 6.34.